The van der Waals surface area contributed by atoms with Gasteiger partial charge in [-0.05, 0) is 26.0 Å². The molecule has 0 bridgehead atoms. The van der Waals surface area contributed by atoms with Crippen LogP contribution in [0.1, 0.15) is 20.9 Å². The summed E-state index contributed by atoms with van der Waals surface area (Å²) in [5, 5.41) is 0. The highest BCUT2D eigenvalue weighted by Crippen LogP contribution is 2.24. The normalized spacial score (nSPS) is 16.2. The van der Waals surface area contributed by atoms with Gasteiger partial charge in [-0.2, -0.15) is 4.31 Å². The molecule has 0 spiro atoms. The van der Waals surface area contributed by atoms with Crippen molar-refractivity contribution in [3.05, 3.63) is 44.9 Å². The van der Waals surface area contributed by atoms with E-state index in [0.29, 0.717) is 23.3 Å². The lowest BCUT2D eigenvalue weighted by Gasteiger charge is -2.33. The standard InChI is InChI=1S/C16H18ClN3O3S2/c1-11-3-5-13(6-4-11)25(22,23)20-9-7-19(8-10-20)15(21)14-12(2)24-16(17)18-14/h3-6H,7-10H2,1-2H3. The molecule has 3 rings (SSSR count). The maximum Gasteiger partial charge on any atom is 0.273 e. The van der Waals surface area contributed by atoms with Gasteiger partial charge in [0.25, 0.3) is 5.91 Å². The van der Waals surface area contributed by atoms with E-state index in [1.807, 2.05) is 6.92 Å². The Kier molecular flexibility index (Phi) is 5.15. The number of carbonyl (C=O) groups excluding carboxylic acids is 1. The molecule has 9 heteroatoms. The van der Waals surface area contributed by atoms with Crippen LogP contribution in [0.15, 0.2) is 29.2 Å². The predicted molar refractivity (Wildman–Crippen MR) is 97.7 cm³/mol. The molecule has 0 saturated carbocycles. The molecule has 25 heavy (non-hydrogen) atoms. The minimum Gasteiger partial charge on any atom is -0.335 e. The third-order valence-electron chi connectivity index (χ3n) is 4.16. The van der Waals surface area contributed by atoms with Gasteiger partial charge in [0.15, 0.2) is 4.47 Å². The van der Waals surface area contributed by atoms with Crippen LogP contribution in [0.5, 0.6) is 0 Å². The average Bonchev–Trinajstić information content (AvgIpc) is 2.93. The third-order valence-corrected chi connectivity index (χ3v) is 7.15. The van der Waals surface area contributed by atoms with Crippen molar-refractivity contribution in [2.75, 3.05) is 26.2 Å². The molecule has 1 amide bonds. The molecule has 0 unspecified atom stereocenters. The number of rotatable bonds is 3. The number of amides is 1. The van der Waals surface area contributed by atoms with E-state index < -0.39 is 10.0 Å². The van der Waals surface area contributed by atoms with Crippen molar-refractivity contribution in [2.45, 2.75) is 18.7 Å². The van der Waals surface area contributed by atoms with Crippen LogP contribution in [-0.4, -0.2) is 54.7 Å². The highest BCUT2D eigenvalue weighted by Gasteiger charge is 2.31. The van der Waals surface area contributed by atoms with Crippen LogP contribution >= 0.6 is 22.9 Å². The fourth-order valence-corrected chi connectivity index (χ4v) is 5.18. The lowest BCUT2D eigenvalue weighted by Crippen LogP contribution is -2.50. The molecule has 1 saturated heterocycles. The van der Waals surface area contributed by atoms with Gasteiger partial charge in [-0.3, -0.25) is 4.79 Å². The van der Waals surface area contributed by atoms with Gasteiger partial charge >= 0.3 is 0 Å². The number of carbonyl (C=O) groups is 1. The molecule has 0 radical (unpaired) electrons. The fraction of sp³-hybridized carbons (Fsp3) is 0.375. The summed E-state index contributed by atoms with van der Waals surface area (Å²) in [5.41, 5.74) is 1.36. The van der Waals surface area contributed by atoms with Gasteiger partial charge in [0, 0.05) is 31.1 Å². The van der Waals surface area contributed by atoms with Crippen LogP contribution in [0, 0.1) is 13.8 Å². The Morgan fingerprint density at radius 3 is 2.24 bits per heavy atom. The first kappa shape index (κ1) is 18.3. The second-order valence-electron chi connectivity index (χ2n) is 5.88. The van der Waals surface area contributed by atoms with Gasteiger partial charge in [0.05, 0.1) is 4.90 Å². The van der Waals surface area contributed by atoms with E-state index in [9.17, 15) is 13.2 Å². The molecule has 1 aliphatic rings. The van der Waals surface area contributed by atoms with Crippen LogP contribution in [0.4, 0.5) is 0 Å². The summed E-state index contributed by atoms with van der Waals surface area (Å²) in [5.74, 6) is -0.201. The first-order valence-electron chi connectivity index (χ1n) is 7.78. The van der Waals surface area contributed by atoms with Gasteiger partial charge in [0.2, 0.25) is 10.0 Å². The Morgan fingerprint density at radius 2 is 1.72 bits per heavy atom. The zero-order chi connectivity index (χ0) is 18.2. The van der Waals surface area contributed by atoms with Crippen LogP contribution in [0.3, 0.4) is 0 Å². The Bertz CT molecular complexity index is 886. The number of aromatic nitrogens is 1. The van der Waals surface area contributed by atoms with Crippen molar-refractivity contribution < 1.29 is 13.2 Å². The minimum absolute atomic E-state index is 0.201. The molecule has 0 N–H and O–H groups in total. The Balaban J connectivity index is 1.70. The molecule has 0 atom stereocenters. The van der Waals surface area contributed by atoms with Crippen LogP contribution < -0.4 is 0 Å². The van der Waals surface area contributed by atoms with E-state index >= 15 is 0 Å². The van der Waals surface area contributed by atoms with Crippen molar-refractivity contribution in [1.29, 1.82) is 0 Å². The molecule has 1 aliphatic heterocycles. The maximum absolute atomic E-state index is 12.7. The minimum atomic E-state index is -3.54. The number of aryl methyl sites for hydroxylation is 2. The van der Waals surface area contributed by atoms with Crippen molar-refractivity contribution >= 4 is 38.9 Å². The fourth-order valence-electron chi connectivity index (χ4n) is 2.70. The maximum atomic E-state index is 12.7. The van der Waals surface area contributed by atoms with Crippen molar-refractivity contribution in [3.8, 4) is 0 Å². The summed E-state index contributed by atoms with van der Waals surface area (Å²) in [6, 6.07) is 6.79. The number of piperazine rings is 1. The second-order valence-corrected chi connectivity index (χ2v) is 9.60. The molecule has 2 heterocycles. The second kappa shape index (κ2) is 7.03. The van der Waals surface area contributed by atoms with Gasteiger partial charge in [-0.25, -0.2) is 13.4 Å². The van der Waals surface area contributed by atoms with Crippen LogP contribution in [0.25, 0.3) is 0 Å². The summed E-state index contributed by atoms with van der Waals surface area (Å²) in [7, 11) is -3.54. The van der Waals surface area contributed by atoms with E-state index in [0.717, 1.165) is 10.4 Å². The lowest BCUT2D eigenvalue weighted by atomic mass is 10.2. The van der Waals surface area contributed by atoms with Crippen LogP contribution in [-0.2, 0) is 10.0 Å². The molecule has 0 aliphatic carbocycles. The number of nitrogens with zero attached hydrogens (tertiary/aromatic N) is 3. The first-order valence-corrected chi connectivity index (χ1v) is 10.4. The SMILES string of the molecule is Cc1ccc(S(=O)(=O)N2CCN(C(=O)c3nc(Cl)sc3C)CC2)cc1. The van der Waals surface area contributed by atoms with E-state index in [1.54, 1.807) is 36.1 Å². The molecular formula is C16H18ClN3O3S2. The topological polar surface area (TPSA) is 70.6 Å². The quantitative estimate of drug-likeness (QED) is 0.795. The van der Waals surface area contributed by atoms with Gasteiger partial charge in [-0.15, -0.1) is 11.3 Å². The molecule has 1 aromatic carbocycles. The molecule has 1 aromatic heterocycles. The number of thiazole rings is 1. The number of hydrogen-bond donors (Lipinski definition) is 0. The largest absolute Gasteiger partial charge is 0.335 e. The molecule has 6 nitrogen and oxygen atoms in total. The van der Waals surface area contributed by atoms with Gasteiger partial charge in [-0.1, -0.05) is 29.3 Å². The first-order chi connectivity index (χ1) is 11.8. The predicted octanol–water partition coefficient (Wildman–Crippen LogP) is 2.56. The number of sulfonamides is 1. The molecule has 134 valence electrons. The smallest absolute Gasteiger partial charge is 0.273 e. The van der Waals surface area contributed by atoms with E-state index in [-0.39, 0.29) is 23.9 Å². The summed E-state index contributed by atoms with van der Waals surface area (Å²) in [6.07, 6.45) is 0. The highest BCUT2D eigenvalue weighted by atomic mass is 35.5. The molecular weight excluding hydrogens is 382 g/mol. The zero-order valence-electron chi connectivity index (χ0n) is 13.9. The summed E-state index contributed by atoms with van der Waals surface area (Å²) >= 11 is 7.12. The average molecular weight is 400 g/mol. The van der Waals surface area contributed by atoms with Crippen molar-refractivity contribution in [1.82, 2.24) is 14.2 Å². The number of halogens is 1. The summed E-state index contributed by atoms with van der Waals surface area (Å²) < 4.78 is 27.1. The lowest BCUT2D eigenvalue weighted by molar-refractivity contribution is 0.0692. The monoisotopic (exact) mass is 399 g/mol. The number of hydrogen-bond acceptors (Lipinski definition) is 5. The van der Waals surface area contributed by atoms with E-state index in [4.69, 9.17) is 11.6 Å². The van der Waals surface area contributed by atoms with Crippen molar-refractivity contribution in [3.63, 3.8) is 0 Å². The van der Waals surface area contributed by atoms with E-state index in [2.05, 4.69) is 4.98 Å². The van der Waals surface area contributed by atoms with E-state index in [1.165, 1.54) is 15.6 Å². The van der Waals surface area contributed by atoms with Crippen LogP contribution in [0.2, 0.25) is 4.47 Å². The highest BCUT2D eigenvalue weighted by molar-refractivity contribution is 7.89. The van der Waals surface area contributed by atoms with Gasteiger partial charge < -0.3 is 4.90 Å². The molecule has 2 aromatic rings. The Morgan fingerprint density at radius 1 is 1.12 bits per heavy atom. The Labute approximate surface area is 156 Å². The zero-order valence-corrected chi connectivity index (χ0v) is 16.3. The Hall–Kier alpha value is -1.48. The van der Waals surface area contributed by atoms with Crippen molar-refractivity contribution in [2.24, 2.45) is 0 Å². The molecule has 1 fully saturated rings. The summed E-state index contributed by atoms with van der Waals surface area (Å²) in [6.45, 7) is 4.90. The van der Waals surface area contributed by atoms with Gasteiger partial charge in [0.1, 0.15) is 5.69 Å². The summed E-state index contributed by atoms with van der Waals surface area (Å²) in [4.78, 5) is 19.3. The third kappa shape index (κ3) is 3.72. The number of benzene rings is 1.